The molecule has 0 aliphatic heterocycles. The van der Waals surface area contributed by atoms with Gasteiger partial charge in [0.05, 0.1) is 16.9 Å². The second-order valence-electron chi connectivity index (χ2n) is 4.74. The van der Waals surface area contributed by atoms with Crippen LogP contribution in [0.4, 0.5) is 4.39 Å². The lowest BCUT2D eigenvalue weighted by Crippen LogP contribution is -2.07. The Balaban J connectivity index is 2.42. The Morgan fingerprint density at radius 2 is 2.21 bits per heavy atom. The molecule has 0 aliphatic rings. The quantitative estimate of drug-likeness (QED) is 0.763. The van der Waals surface area contributed by atoms with Gasteiger partial charge in [-0.05, 0) is 31.2 Å². The maximum Gasteiger partial charge on any atom is 0.128 e. The van der Waals surface area contributed by atoms with Crippen molar-refractivity contribution >= 4 is 34.4 Å². The zero-order chi connectivity index (χ0) is 14.0. The van der Waals surface area contributed by atoms with Gasteiger partial charge in [0.15, 0.2) is 0 Å². The Morgan fingerprint density at radius 3 is 2.84 bits per heavy atom. The highest BCUT2D eigenvalue weighted by Crippen LogP contribution is 2.23. The van der Waals surface area contributed by atoms with Gasteiger partial charge in [-0.2, -0.15) is 11.8 Å². The lowest BCUT2D eigenvalue weighted by Gasteiger charge is -2.11. The van der Waals surface area contributed by atoms with Gasteiger partial charge in [0.2, 0.25) is 0 Å². The van der Waals surface area contributed by atoms with E-state index in [0.29, 0.717) is 22.2 Å². The van der Waals surface area contributed by atoms with Crippen LogP contribution in [0.25, 0.3) is 11.0 Å². The average Bonchev–Trinajstić information content (AvgIpc) is 2.73. The van der Waals surface area contributed by atoms with Gasteiger partial charge >= 0.3 is 0 Å². The van der Waals surface area contributed by atoms with Crippen molar-refractivity contribution in [2.45, 2.75) is 37.9 Å². The summed E-state index contributed by atoms with van der Waals surface area (Å²) in [5, 5.41) is 0.585. The molecule has 0 saturated carbocycles. The van der Waals surface area contributed by atoms with E-state index in [2.05, 4.69) is 22.7 Å². The molecule has 5 heteroatoms. The van der Waals surface area contributed by atoms with E-state index >= 15 is 0 Å². The zero-order valence-corrected chi connectivity index (χ0v) is 13.0. The first-order valence-electron chi connectivity index (χ1n) is 6.30. The summed E-state index contributed by atoms with van der Waals surface area (Å²) >= 11 is 7.79. The summed E-state index contributed by atoms with van der Waals surface area (Å²) in [5.74, 6) is 0.953. The molecular weight excluding hydrogens is 283 g/mol. The zero-order valence-electron chi connectivity index (χ0n) is 11.4. The number of imidazole rings is 1. The van der Waals surface area contributed by atoms with Gasteiger partial charge in [0, 0.05) is 17.9 Å². The van der Waals surface area contributed by atoms with E-state index in [1.165, 1.54) is 6.07 Å². The third-order valence-corrected chi connectivity index (χ3v) is 4.67. The normalized spacial score (nSPS) is 13.1. The monoisotopic (exact) mass is 300 g/mol. The van der Waals surface area contributed by atoms with Gasteiger partial charge in [-0.1, -0.05) is 6.92 Å². The molecular formula is C14H18ClFN2S. The van der Waals surface area contributed by atoms with Gasteiger partial charge in [-0.3, -0.25) is 0 Å². The van der Waals surface area contributed by atoms with E-state index in [1.807, 2.05) is 17.8 Å². The Bertz CT molecular complexity index is 582. The molecule has 1 aromatic heterocycles. The average molecular weight is 301 g/mol. The van der Waals surface area contributed by atoms with Crippen molar-refractivity contribution in [3.8, 4) is 0 Å². The number of benzene rings is 1. The summed E-state index contributed by atoms with van der Waals surface area (Å²) in [4.78, 5) is 4.42. The molecule has 1 atom stereocenters. The molecule has 0 saturated heterocycles. The van der Waals surface area contributed by atoms with E-state index in [-0.39, 0.29) is 5.82 Å². The third kappa shape index (κ3) is 3.06. The summed E-state index contributed by atoms with van der Waals surface area (Å²) in [6, 6.07) is 3.35. The largest absolute Gasteiger partial charge is 0.327 e. The van der Waals surface area contributed by atoms with Crippen LogP contribution in [0.1, 0.15) is 24.7 Å². The predicted octanol–water partition coefficient (Wildman–Crippen LogP) is 4.36. The number of nitrogens with zero attached hydrogens (tertiary/aromatic N) is 2. The van der Waals surface area contributed by atoms with Crippen molar-refractivity contribution in [2.24, 2.45) is 0 Å². The van der Waals surface area contributed by atoms with Crippen molar-refractivity contribution in [3.05, 3.63) is 29.3 Å². The molecule has 0 aliphatic carbocycles. The molecule has 1 heterocycles. The lowest BCUT2D eigenvalue weighted by molar-refractivity contribution is 0.618. The molecule has 0 bridgehead atoms. The van der Waals surface area contributed by atoms with Crippen molar-refractivity contribution < 1.29 is 4.39 Å². The van der Waals surface area contributed by atoms with Crippen LogP contribution in [0.2, 0.25) is 0 Å². The van der Waals surface area contributed by atoms with E-state index in [1.54, 1.807) is 6.92 Å². The number of aromatic nitrogens is 2. The van der Waals surface area contributed by atoms with Crippen LogP contribution in [-0.4, -0.2) is 21.1 Å². The van der Waals surface area contributed by atoms with Crippen LogP contribution in [0.3, 0.4) is 0 Å². The molecule has 1 unspecified atom stereocenters. The van der Waals surface area contributed by atoms with Crippen molar-refractivity contribution in [2.75, 3.05) is 6.26 Å². The summed E-state index contributed by atoms with van der Waals surface area (Å²) in [6.07, 6.45) is 3.16. The fraction of sp³-hybridized carbons (Fsp3) is 0.500. The Labute approximate surface area is 122 Å². The fourth-order valence-electron chi connectivity index (χ4n) is 2.08. The van der Waals surface area contributed by atoms with Crippen LogP contribution < -0.4 is 0 Å². The molecule has 104 valence electrons. The number of fused-ring (bicyclic) bond motifs is 1. The number of alkyl halides is 1. The first-order valence-corrected chi connectivity index (χ1v) is 8.13. The Hall–Kier alpha value is -0.740. The minimum atomic E-state index is -0.212. The van der Waals surface area contributed by atoms with Crippen molar-refractivity contribution in [1.29, 1.82) is 0 Å². The Kier molecular flexibility index (Phi) is 4.74. The molecule has 1 aromatic carbocycles. The number of rotatable bonds is 5. The minimum Gasteiger partial charge on any atom is -0.327 e. The number of hydrogen-bond donors (Lipinski definition) is 0. The molecule has 2 nitrogen and oxygen atoms in total. The van der Waals surface area contributed by atoms with Crippen molar-refractivity contribution in [1.82, 2.24) is 9.55 Å². The minimum absolute atomic E-state index is 0.212. The van der Waals surface area contributed by atoms with Crippen molar-refractivity contribution in [3.63, 3.8) is 0 Å². The topological polar surface area (TPSA) is 17.8 Å². The van der Waals surface area contributed by atoms with Gasteiger partial charge in [0.25, 0.3) is 0 Å². The summed E-state index contributed by atoms with van der Waals surface area (Å²) in [5.41, 5.74) is 2.31. The first kappa shape index (κ1) is 14.7. The van der Waals surface area contributed by atoms with E-state index in [4.69, 9.17) is 11.6 Å². The van der Waals surface area contributed by atoms with Crippen LogP contribution in [0.15, 0.2) is 12.1 Å². The molecule has 0 amide bonds. The predicted molar refractivity (Wildman–Crippen MR) is 81.6 cm³/mol. The number of hydrogen-bond acceptors (Lipinski definition) is 2. The SMILES string of the molecule is CSC(C)CCn1c(CCl)nc2cc(F)c(C)cc21. The maximum atomic E-state index is 13.6. The van der Waals surface area contributed by atoms with Gasteiger partial charge in [-0.15, -0.1) is 11.6 Å². The smallest absolute Gasteiger partial charge is 0.128 e. The highest BCUT2D eigenvalue weighted by Gasteiger charge is 2.13. The maximum absolute atomic E-state index is 13.6. The number of halogens is 2. The van der Waals surface area contributed by atoms with E-state index in [9.17, 15) is 4.39 Å². The summed E-state index contributed by atoms with van der Waals surface area (Å²) in [7, 11) is 0. The third-order valence-electron chi connectivity index (χ3n) is 3.39. The molecule has 2 rings (SSSR count). The van der Waals surface area contributed by atoms with Crippen LogP contribution in [0, 0.1) is 12.7 Å². The molecule has 2 aromatic rings. The van der Waals surface area contributed by atoms with Gasteiger partial charge in [0.1, 0.15) is 11.6 Å². The molecule has 19 heavy (non-hydrogen) atoms. The van der Waals surface area contributed by atoms with E-state index in [0.717, 1.165) is 24.3 Å². The molecule has 0 radical (unpaired) electrons. The fourth-order valence-corrected chi connectivity index (χ4v) is 2.63. The van der Waals surface area contributed by atoms with E-state index < -0.39 is 0 Å². The highest BCUT2D eigenvalue weighted by atomic mass is 35.5. The lowest BCUT2D eigenvalue weighted by atomic mass is 10.2. The first-order chi connectivity index (χ1) is 9.06. The molecule has 0 spiro atoms. The summed E-state index contributed by atoms with van der Waals surface area (Å²) in [6.45, 7) is 4.84. The Morgan fingerprint density at radius 1 is 1.47 bits per heavy atom. The number of aryl methyl sites for hydroxylation is 2. The second-order valence-corrected chi connectivity index (χ2v) is 6.28. The van der Waals surface area contributed by atoms with Crippen LogP contribution in [-0.2, 0) is 12.4 Å². The molecule has 0 fully saturated rings. The number of thioether (sulfide) groups is 1. The highest BCUT2D eigenvalue weighted by molar-refractivity contribution is 7.99. The van der Waals surface area contributed by atoms with Gasteiger partial charge in [-0.25, -0.2) is 9.37 Å². The van der Waals surface area contributed by atoms with Crippen LogP contribution in [0.5, 0.6) is 0 Å². The second kappa shape index (κ2) is 6.14. The van der Waals surface area contributed by atoms with Crippen LogP contribution >= 0.6 is 23.4 Å². The van der Waals surface area contributed by atoms with Gasteiger partial charge < -0.3 is 4.57 Å². The molecule has 0 N–H and O–H groups in total. The summed E-state index contributed by atoms with van der Waals surface area (Å²) < 4.78 is 15.7. The standard InChI is InChI=1S/C14H18ClFN2S/c1-9-6-13-12(7-11(9)16)17-14(8-15)18(13)5-4-10(2)19-3/h6-7,10H,4-5,8H2,1-3H3.